The summed E-state index contributed by atoms with van der Waals surface area (Å²) in [5, 5.41) is 52.5. The van der Waals surface area contributed by atoms with Crippen LogP contribution in [0.1, 0.15) is 48.0 Å². The second kappa shape index (κ2) is 10.6. The van der Waals surface area contributed by atoms with Gasteiger partial charge in [-0.25, -0.2) is 0 Å². The Bertz CT molecular complexity index is 755. The van der Waals surface area contributed by atoms with Gasteiger partial charge in [0.1, 0.15) is 29.7 Å². The number of aliphatic hydroxyl groups is 5. The van der Waals surface area contributed by atoms with Crippen LogP contribution in [0.25, 0.3) is 0 Å². The van der Waals surface area contributed by atoms with Gasteiger partial charge in [0.15, 0.2) is 0 Å². The molecule has 7 N–H and O–H groups in total. The van der Waals surface area contributed by atoms with Crippen molar-refractivity contribution in [3.63, 3.8) is 0 Å². The number of hydrogen-bond donors (Lipinski definition) is 6. The molecule has 1 saturated heterocycles. The van der Waals surface area contributed by atoms with Crippen LogP contribution in [0.4, 0.5) is 0 Å². The van der Waals surface area contributed by atoms with Crippen LogP contribution in [0.2, 0.25) is 0 Å². The van der Waals surface area contributed by atoms with Gasteiger partial charge >= 0.3 is 0 Å². The number of ether oxygens (including phenoxy) is 1. The molecule has 1 aliphatic heterocycles. The normalized spacial score (nSPS) is 32.7. The number of allylic oxidation sites excluding steroid dienone is 6. The van der Waals surface area contributed by atoms with Crippen LogP contribution in [0.15, 0.2) is 59.6 Å². The van der Waals surface area contributed by atoms with E-state index in [4.69, 9.17) is 10.5 Å². The first-order valence-corrected chi connectivity index (χ1v) is 10.5. The fourth-order valence-corrected chi connectivity index (χ4v) is 3.71. The van der Waals surface area contributed by atoms with Crippen LogP contribution >= 0.6 is 0 Å². The molecular weight excluding hydrogens is 398 g/mol. The van der Waals surface area contributed by atoms with Gasteiger partial charge < -0.3 is 36.0 Å². The Balaban J connectivity index is 3.56. The summed E-state index contributed by atoms with van der Waals surface area (Å²) in [6.07, 6.45) is 2.80. The van der Waals surface area contributed by atoms with Gasteiger partial charge in [0, 0.05) is 17.2 Å². The molecule has 31 heavy (non-hydrogen) atoms. The largest absolute Gasteiger partial charge is 0.512 e. The van der Waals surface area contributed by atoms with Gasteiger partial charge in [-0.05, 0) is 44.8 Å². The molecule has 1 heterocycles. The summed E-state index contributed by atoms with van der Waals surface area (Å²) in [6, 6.07) is -0.772. The van der Waals surface area contributed by atoms with Crippen LogP contribution in [0, 0.1) is 5.41 Å². The third-order valence-corrected chi connectivity index (χ3v) is 5.42. The van der Waals surface area contributed by atoms with E-state index in [0.717, 1.165) is 0 Å². The number of aliphatic hydroxyl groups excluding tert-OH is 5. The zero-order valence-corrected chi connectivity index (χ0v) is 19.4. The van der Waals surface area contributed by atoms with E-state index >= 15 is 0 Å². The molecule has 1 rings (SSSR count). The monoisotopic (exact) mass is 437 g/mol. The summed E-state index contributed by atoms with van der Waals surface area (Å²) >= 11 is 0. The lowest BCUT2D eigenvalue weighted by molar-refractivity contribution is -0.260. The first kappa shape index (κ1) is 27.1. The highest BCUT2D eigenvalue weighted by molar-refractivity contribution is 5.52. The Hall–Kier alpha value is -1.90. The van der Waals surface area contributed by atoms with E-state index in [0.29, 0.717) is 12.0 Å². The van der Waals surface area contributed by atoms with Crippen molar-refractivity contribution in [2.45, 2.75) is 84.0 Å². The highest BCUT2D eigenvalue weighted by Crippen LogP contribution is 2.38. The van der Waals surface area contributed by atoms with Crippen molar-refractivity contribution in [1.82, 2.24) is 0 Å². The molecule has 0 aromatic rings. The highest BCUT2D eigenvalue weighted by Gasteiger charge is 2.54. The summed E-state index contributed by atoms with van der Waals surface area (Å²) < 4.78 is 6.17. The molecule has 1 fully saturated rings. The predicted molar refractivity (Wildman–Crippen MR) is 122 cm³/mol. The molecule has 0 radical (unpaired) electrons. The lowest BCUT2D eigenvalue weighted by Gasteiger charge is -2.50. The summed E-state index contributed by atoms with van der Waals surface area (Å²) in [6.45, 7) is 14.3. The topological polar surface area (TPSA) is 136 Å². The summed E-state index contributed by atoms with van der Waals surface area (Å²) in [5.74, 6) is -0.163. The van der Waals surface area contributed by atoms with Crippen molar-refractivity contribution in [3.05, 3.63) is 59.6 Å². The van der Waals surface area contributed by atoms with Gasteiger partial charge in [-0.1, -0.05) is 45.6 Å². The van der Waals surface area contributed by atoms with Gasteiger partial charge in [-0.2, -0.15) is 0 Å². The predicted octanol–water partition coefficient (Wildman–Crippen LogP) is 2.95. The highest BCUT2D eigenvalue weighted by atomic mass is 16.5. The van der Waals surface area contributed by atoms with Gasteiger partial charge in [-0.3, -0.25) is 0 Å². The fraction of sp³-hybridized carbons (Fsp3) is 0.583. The first-order chi connectivity index (χ1) is 14.2. The summed E-state index contributed by atoms with van der Waals surface area (Å²) in [4.78, 5) is 0. The van der Waals surface area contributed by atoms with Crippen molar-refractivity contribution < 1.29 is 30.3 Å². The molecule has 2 unspecified atom stereocenters. The lowest BCUT2D eigenvalue weighted by atomic mass is 9.76. The van der Waals surface area contributed by atoms with E-state index < -0.39 is 36.1 Å². The Labute approximate surface area is 185 Å². The quantitative estimate of drug-likeness (QED) is 0.266. The maximum absolute atomic E-state index is 10.9. The minimum atomic E-state index is -1.54. The van der Waals surface area contributed by atoms with Gasteiger partial charge in [-0.15, -0.1) is 0 Å². The smallest absolute Gasteiger partial charge is 0.130 e. The molecule has 0 aromatic heterocycles. The molecule has 0 aliphatic carbocycles. The molecule has 0 bridgehead atoms. The molecule has 7 heteroatoms. The maximum atomic E-state index is 10.9. The van der Waals surface area contributed by atoms with E-state index in [1.165, 1.54) is 37.3 Å². The minimum Gasteiger partial charge on any atom is -0.512 e. The van der Waals surface area contributed by atoms with E-state index in [1.54, 1.807) is 13.8 Å². The Kier molecular flexibility index (Phi) is 9.29. The standard InChI is InChI=1S/C24H39NO6/c1-8-10-17(18(27)9-2)16(14(3)26)11-12-24(15(4)25)22(30)21(29)20(28)19(31-24)13-23(5,6)7/h8-12,15,19-22,26-30H,1,13,25H2,2-7H3/b12-11+,16-14?,17-10+,18-9+/t15?,19-,20-,21+,22-,24?/m1/s1. The van der Waals surface area contributed by atoms with Crippen molar-refractivity contribution in [2.24, 2.45) is 11.1 Å². The van der Waals surface area contributed by atoms with Gasteiger partial charge in [0.25, 0.3) is 0 Å². The third-order valence-electron chi connectivity index (χ3n) is 5.42. The molecule has 7 nitrogen and oxygen atoms in total. The molecule has 0 saturated carbocycles. The molecular formula is C24H39NO6. The molecule has 0 spiro atoms. The number of hydrogen-bond acceptors (Lipinski definition) is 7. The SMILES string of the molecule is C=C/C=C(C(/C=C/C1(C(C)N)O[C@H](CC(C)(C)C)[C@@H](O)[C@H](O)[C@H]1O)=C(C)O)/C(O)=C\C. The average molecular weight is 438 g/mol. The summed E-state index contributed by atoms with van der Waals surface area (Å²) in [5.41, 5.74) is 5.03. The summed E-state index contributed by atoms with van der Waals surface area (Å²) in [7, 11) is 0. The average Bonchev–Trinajstić information content (AvgIpc) is 2.66. The zero-order chi connectivity index (χ0) is 24.1. The second-order valence-corrected chi connectivity index (χ2v) is 9.31. The fourth-order valence-electron chi connectivity index (χ4n) is 3.71. The molecule has 0 amide bonds. The minimum absolute atomic E-state index is 0.0750. The lowest BCUT2D eigenvalue weighted by Crippen LogP contribution is -2.69. The number of rotatable bonds is 7. The molecule has 6 atom stereocenters. The first-order valence-electron chi connectivity index (χ1n) is 10.5. The van der Waals surface area contributed by atoms with E-state index in [9.17, 15) is 25.5 Å². The van der Waals surface area contributed by atoms with Crippen molar-refractivity contribution in [2.75, 3.05) is 0 Å². The van der Waals surface area contributed by atoms with Crippen molar-refractivity contribution in [3.8, 4) is 0 Å². The van der Waals surface area contributed by atoms with Crippen LogP contribution in [-0.2, 0) is 4.74 Å². The van der Waals surface area contributed by atoms with Gasteiger partial charge in [0.2, 0.25) is 0 Å². The second-order valence-electron chi connectivity index (χ2n) is 9.31. The maximum Gasteiger partial charge on any atom is 0.130 e. The van der Waals surface area contributed by atoms with Gasteiger partial charge in [0.05, 0.1) is 11.9 Å². The van der Waals surface area contributed by atoms with E-state index in [-0.39, 0.29) is 22.5 Å². The van der Waals surface area contributed by atoms with Crippen LogP contribution in [0.5, 0.6) is 0 Å². The zero-order valence-electron chi connectivity index (χ0n) is 19.4. The van der Waals surface area contributed by atoms with Crippen LogP contribution in [0.3, 0.4) is 0 Å². The van der Waals surface area contributed by atoms with Crippen molar-refractivity contribution in [1.29, 1.82) is 0 Å². The Morgan fingerprint density at radius 3 is 2.19 bits per heavy atom. The third kappa shape index (κ3) is 6.30. The Morgan fingerprint density at radius 2 is 1.77 bits per heavy atom. The van der Waals surface area contributed by atoms with E-state index in [2.05, 4.69) is 6.58 Å². The molecule has 1 aliphatic rings. The Morgan fingerprint density at radius 1 is 1.19 bits per heavy atom. The van der Waals surface area contributed by atoms with Crippen LogP contribution < -0.4 is 5.73 Å². The van der Waals surface area contributed by atoms with Crippen LogP contribution in [-0.4, -0.2) is 61.6 Å². The number of nitrogens with two attached hydrogens (primary N) is 1. The molecule has 0 aromatic carbocycles. The van der Waals surface area contributed by atoms with E-state index in [1.807, 2.05) is 20.8 Å². The van der Waals surface area contributed by atoms with Crippen molar-refractivity contribution >= 4 is 0 Å². The molecule has 176 valence electrons.